The fraction of sp³-hybridized carbons (Fsp3) is 0.360. The normalized spacial score (nSPS) is 14.5. The van der Waals surface area contributed by atoms with Gasteiger partial charge in [-0.05, 0) is 63.1 Å². The van der Waals surface area contributed by atoms with Crippen LogP contribution in [-0.4, -0.2) is 52.4 Å². The minimum absolute atomic E-state index is 0.0931. The molecule has 0 unspecified atom stereocenters. The number of likely N-dealkylation sites (tertiary alicyclic amines) is 1. The summed E-state index contributed by atoms with van der Waals surface area (Å²) >= 11 is 0. The van der Waals surface area contributed by atoms with Gasteiger partial charge in [0, 0.05) is 30.6 Å². The quantitative estimate of drug-likeness (QED) is 0.382. The second kappa shape index (κ2) is 9.80. The van der Waals surface area contributed by atoms with Gasteiger partial charge >= 0.3 is 6.03 Å². The highest BCUT2D eigenvalue weighted by Gasteiger charge is 2.31. The van der Waals surface area contributed by atoms with Crippen molar-refractivity contribution in [3.8, 4) is 28.3 Å². The van der Waals surface area contributed by atoms with E-state index >= 15 is 0 Å². The lowest BCUT2D eigenvalue weighted by Crippen LogP contribution is -2.47. The van der Waals surface area contributed by atoms with Gasteiger partial charge in [-0.15, -0.1) is 0 Å². The van der Waals surface area contributed by atoms with E-state index < -0.39 is 17.7 Å². The van der Waals surface area contributed by atoms with Crippen LogP contribution in [0.15, 0.2) is 46.9 Å². The number of carbonyl (C=O) groups excluding carboxylic acids is 1. The van der Waals surface area contributed by atoms with Gasteiger partial charge in [-0.1, -0.05) is 0 Å². The smallest absolute Gasteiger partial charge is 0.343 e. The van der Waals surface area contributed by atoms with E-state index in [1.165, 1.54) is 12.1 Å². The summed E-state index contributed by atoms with van der Waals surface area (Å²) in [6.45, 7) is 4.31. The molecule has 9 heteroatoms. The van der Waals surface area contributed by atoms with Crippen LogP contribution in [-0.2, 0) is 0 Å². The number of ether oxygens (including phenoxy) is 1. The molecule has 4 rings (SSSR count). The predicted octanol–water partition coefficient (Wildman–Crippen LogP) is 5.69. The first-order valence-corrected chi connectivity index (χ1v) is 11.2. The van der Waals surface area contributed by atoms with Gasteiger partial charge in [-0.25, -0.2) is 23.6 Å². The Morgan fingerprint density at radius 2 is 1.85 bits per heavy atom. The van der Waals surface area contributed by atoms with Crippen molar-refractivity contribution in [2.75, 3.05) is 20.2 Å². The Balaban J connectivity index is 1.64. The van der Waals surface area contributed by atoms with Crippen LogP contribution < -0.4 is 4.74 Å². The van der Waals surface area contributed by atoms with Crippen LogP contribution >= 0.6 is 0 Å². The van der Waals surface area contributed by atoms with Crippen molar-refractivity contribution in [1.82, 2.24) is 14.9 Å². The molecule has 1 saturated heterocycles. The topological polar surface area (TPSA) is 79.0 Å². The molecule has 2 aromatic carbocycles. The van der Waals surface area contributed by atoms with Crippen LogP contribution in [0.2, 0.25) is 0 Å². The molecule has 1 aliphatic heterocycles. The third-order valence-corrected chi connectivity index (χ3v) is 5.98. The van der Waals surface area contributed by atoms with E-state index in [9.17, 15) is 18.8 Å². The van der Waals surface area contributed by atoms with Crippen molar-refractivity contribution in [3.63, 3.8) is 0 Å². The molecule has 180 valence electrons. The standard InChI is InChI=1S/C25H27F2N3O4/c1-15(2)30(32)25(31)29-12-10-17(11-13-29)24-28-22(16-4-7-19(33-3)8-5-16)23(34-24)20-9-6-18(26)14-21(20)27/h4-9,14-15,17,32H,10-13H2,1-3H3. The zero-order chi connectivity index (χ0) is 24.4. The van der Waals surface area contributed by atoms with Gasteiger partial charge in [0.2, 0.25) is 0 Å². The molecule has 1 N–H and O–H groups in total. The maximum absolute atomic E-state index is 14.7. The second-order valence-electron chi connectivity index (χ2n) is 8.56. The first-order valence-electron chi connectivity index (χ1n) is 11.2. The number of carbonyl (C=O) groups is 1. The summed E-state index contributed by atoms with van der Waals surface area (Å²) < 4.78 is 39.5. The highest BCUT2D eigenvalue weighted by atomic mass is 19.1. The predicted molar refractivity (Wildman–Crippen MR) is 122 cm³/mol. The average Bonchev–Trinajstić information content (AvgIpc) is 3.28. The summed E-state index contributed by atoms with van der Waals surface area (Å²) in [6.07, 6.45) is 1.15. The Hall–Kier alpha value is -3.46. The summed E-state index contributed by atoms with van der Waals surface area (Å²) in [5.41, 5.74) is 1.27. The van der Waals surface area contributed by atoms with Crippen molar-refractivity contribution >= 4 is 6.03 Å². The molecule has 0 radical (unpaired) electrons. The molecule has 1 aromatic heterocycles. The SMILES string of the molecule is COc1ccc(-c2nc(C3CCN(C(=O)N(O)C(C)C)CC3)oc2-c2ccc(F)cc2F)cc1. The summed E-state index contributed by atoms with van der Waals surface area (Å²) in [5.74, 6) is -0.195. The van der Waals surface area contributed by atoms with E-state index in [1.807, 2.05) is 0 Å². The third-order valence-electron chi connectivity index (χ3n) is 5.98. The van der Waals surface area contributed by atoms with Gasteiger partial charge in [0.05, 0.1) is 18.7 Å². The summed E-state index contributed by atoms with van der Waals surface area (Å²) in [4.78, 5) is 18.7. The number of piperidine rings is 1. The maximum Gasteiger partial charge on any atom is 0.343 e. The number of methoxy groups -OCH3 is 1. The Labute approximate surface area is 196 Å². The average molecular weight is 472 g/mol. The first-order chi connectivity index (χ1) is 16.3. The van der Waals surface area contributed by atoms with Crippen LogP contribution in [0.3, 0.4) is 0 Å². The van der Waals surface area contributed by atoms with E-state index in [0.29, 0.717) is 48.8 Å². The second-order valence-corrected chi connectivity index (χ2v) is 8.56. The molecule has 0 aliphatic carbocycles. The van der Waals surface area contributed by atoms with Gasteiger partial charge in [-0.2, -0.15) is 0 Å². The number of oxazole rings is 1. The molecule has 34 heavy (non-hydrogen) atoms. The molecule has 0 bridgehead atoms. The third kappa shape index (κ3) is 4.75. The molecule has 2 amide bonds. The number of hydrogen-bond acceptors (Lipinski definition) is 5. The summed E-state index contributed by atoms with van der Waals surface area (Å²) in [5, 5.41) is 10.7. The monoisotopic (exact) mass is 471 g/mol. The van der Waals surface area contributed by atoms with Crippen LogP contribution in [0, 0.1) is 11.6 Å². The Kier molecular flexibility index (Phi) is 6.83. The Morgan fingerprint density at radius 1 is 1.18 bits per heavy atom. The highest BCUT2D eigenvalue weighted by Crippen LogP contribution is 2.39. The van der Waals surface area contributed by atoms with Gasteiger partial charge < -0.3 is 14.1 Å². The van der Waals surface area contributed by atoms with Gasteiger partial charge in [-0.3, -0.25) is 5.21 Å². The van der Waals surface area contributed by atoms with E-state index in [-0.39, 0.29) is 23.3 Å². The van der Waals surface area contributed by atoms with Crippen molar-refractivity contribution in [2.24, 2.45) is 0 Å². The van der Waals surface area contributed by atoms with Crippen LogP contribution in [0.1, 0.15) is 38.5 Å². The molecule has 0 atom stereocenters. The van der Waals surface area contributed by atoms with Crippen molar-refractivity contribution in [2.45, 2.75) is 38.6 Å². The molecule has 1 aliphatic rings. The van der Waals surface area contributed by atoms with Crippen molar-refractivity contribution in [1.29, 1.82) is 0 Å². The van der Waals surface area contributed by atoms with Crippen LogP contribution in [0.4, 0.5) is 13.6 Å². The van der Waals surface area contributed by atoms with Gasteiger partial charge in [0.15, 0.2) is 11.7 Å². The lowest BCUT2D eigenvalue weighted by atomic mass is 9.97. The van der Waals surface area contributed by atoms with Crippen LogP contribution in [0.25, 0.3) is 22.6 Å². The first kappa shape index (κ1) is 23.7. The van der Waals surface area contributed by atoms with Gasteiger partial charge in [0.1, 0.15) is 23.1 Å². The maximum atomic E-state index is 14.7. The summed E-state index contributed by atoms with van der Waals surface area (Å²) in [6, 6.07) is 9.72. The Morgan fingerprint density at radius 3 is 2.44 bits per heavy atom. The molecule has 2 heterocycles. The van der Waals surface area contributed by atoms with E-state index in [4.69, 9.17) is 14.1 Å². The molecule has 0 spiro atoms. The number of urea groups is 1. The lowest BCUT2D eigenvalue weighted by Gasteiger charge is -2.33. The molecular formula is C25H27F2N3O4. The number of hydrogen-bond donors (Lipinski definition) is 1. The number of nitrogens with zero attached hydrogens (tertiary/aromatic N) is 3. The van der Waals surface area contributed by atoms with Gasteiger partial charge in [0.25, 0.3) is 0 Å². The number of halogens is 2. The van der Waals surface area contributed by atoms with Crippen molar-refractivity contribution < 1.29 is 27.9 Å². The van der Waals surface area contributed by atoms with Crippen LogP contribution in [0.5, 0.6) is 5.75 Å². The minimum Gasteiger partial charge on any atom is -0.497 e. The van der Waals surface area contributed by atoms with E-state index in [0.717, 1.165) is 11.1 Å². The molecular weight excluding hydrogens is 444 g/mol. The van der Waals surface area contributed by atoms with E-state index in [1.54, 1.807) is 50.1 Å². The number of rotatable bonds is 5. The molecule has 3 aromatic rings. The molecule has 7 nitrogen and oxygen atoms in total. The zero-order valence-electron chi connectivity index (χ0n) is 19.3. The van der Waals surface area contributed by atoms with Crippen molar-refractivity contribution in [3.05, 3.63) is 60.0 Å². The molecule has 0 saturated carbocycles. The largest absolute Gasteiger partial charge is 0.497 e. The number of benzene rings is 2. The fourth-order valence-electron chi connectivity index (χ4n) is 4.00. The lowest BCUT2D eigenvalue weighted by molar-refractivity contribution is -0.0815. The number of amides is 2. The highest BCUT2D eigenvalue weighted by molar-refractivity contribution is 5.77. The zero-order valence-corrected chi connectivity index (χ0v) is 19.3. The Bertz CT molecular complexity index is 1160. The minimum atomic E-state index is -0.741. The fourth-order valence-corrected chi connectivity index (χ4v) is 4.00. The number of aromatic nitrogens is 1. The number of hydroxylamine groups is 2. The van der Waals surface area contributed by atoms with E-state index in [2.05, 4.69) is 0 Å². The summed E-state index contributed by atoms with van der Waals surface area (Å²) in [7, 11) is 1.57. The molecule has 1 fully saturated rings.